The Morgan fingerprint density at radius 1 is 1.55 bits per heavy atom. The fourth-order valence-electron chi connectivity index (χ4n) is 0.928. The number of carbonyl (C=O) groups excluding carboxylic acids is 1. The Hall–Kier alpha value is -0.420. The summed E-state index contributed by atoms with van der Waals surface area (Å²) in [5.41, 5.74) is 0. The van der Waals surface area contributed by atoms with E-state index in [1.54, 1.807) is 13.8 Å². The van der Waals surface area contributed by atoms with Crippen molar-refractivity contribution in [2.75, 3.05) is 6.54 Å². The van der Waals surface area contributed by atoms with Crippen LogP contribution in [0.3, 0.4) is 0 Å². The van der Waals surface area contributed by atoms with E-state index in [1.807, 2.05) is 0 Å². The molecule has 1 aliphatic rings. The molecular formula is C6H11NO3S. The molecule has 0 saturated carbocycles. The number of rotatable bonds is 2. The van der Waals surface area contributed by atoms with Crippen LogP contribution in [0.4, 0.5) is 0 Å². The molecule has 1 unspecified atom stereocenters. The van der Waals surface area contributed by atoms with Crippen LogP contribution in [0.1, 0.15) is 13.8 Å². The van der Waals surface area contributed by atoms with Gasteiger partial charge in [-0.25, -0.2) is 13.1 Å². The molecule has 0 spiro atoms. The third-order valence-corrected chi connectivity index (χ3v) is 3.45. The van der Waals surface area contributed by atoms with E-state index in [9.17, 15) is 13.2 Å². The van der Waals surface area contributed by atoms with E-state index in [-0.39, 0.29) is 18.2 Å². The zero-order valence-electron chi connectivity index (χ0n) is 6.49. The van der Waals surface area contributed by atoms with Crippen LogP contribution < -0.4 is 4.72 Å². The second-order valence-electron chi connectivity index (χ2n) is 2.94. The maximum atomic E-state index is 11.1. The second-order valence-corrected chi connectivity index (χ2v) is 4.89. The molecule has 1 N–H and O–H groups in total. The molecule has 11 heavy (non-hydrogen) atoms. The van der Waals surface area contributed by atoms with Gasteiger partial charge < -0.3 is 0 Å². The zero-order valence-corrected chi connectivity index (χ0v) is 7.31. The first-order valence-electron chi connectivity index (χ1n) is 3.47. The molecule has 0 bridgehead atoms. The molecule has 64 valence electrons. The van der Waals surface area contributed by atoms with Gasteiger partial charge in [-0.2, -0.15) is 0 Å². The molecule has 4 nitrogen and oxygen atoms in total. The molecule has 5 heteroatoms. The topological polar surface area (TPSA) is 63.2 Å². The van der Waals surface area contributed by atoms with E-state index >= 15 is 0 Å². The van der Waals surface area contributed by atoms with Crippen LogP contribution in [-0.4, -0.2) is 26.0 Å². The average molecular weight is 177 g/mol. The minimum atomic E-state index is -3.27. The molecule has 0 aliphatic carbocycles. The van der Waals surface area contributed by atoms with Crippen LogP contribution in [0.5, 0.6) is 0 Å². The minimum absolute atomic E-state index is 0.191. The number of ketones is 1. The van der Waals surface area contributed by atoms with Crippen molar-refractivity contribution in [2.24, 2.45) is 5.92 Å². The summed E-state index contributed by atoms with van der Waals surface area (Å²) >= 11 is 0. The van der Waals surface area contributed by atoms with Crippen molar-refractivity contribution in [3.8, 4) is 0 Å². The molecule has 0 aromatic heterocycles. The zero-order chi connectivity index (χ0) is 8.65. The Bertz CT molecular complexity index is 268. The monoisotopic (exact) mass is 177 g/mol. The van der Waals surface area contributed by atoms with Gasteiger partial charge in [-0.05, 0) is 0 Å². The highest BCUT2D eigenvalue weighted by molar-refractivity contribution is 7.92. The molecule has 0 aromatic carbocycles. The highest BCUT2D eigenvalue weighted by atomic mass is 32.2. The van der Waals surface area contributed by atoms with Crippen molar-refractivity contribution in [3.63, 3.8) is 0 Å². The van der Waals surface area contributed by atoms with E-state index in [0.717, 1.165) is 0 Å². The lowest BCUT2D eigenvalue weighted by atomic mass is 10.1. The Kier molecular flexibility index (Phi) is 2.02. The van der Waals surface area contributed by atoms with Crippen LogP contribution in [0.25, 0.3) is 0 Å². The average Bonchev–Trinajstić information content (AvgIpc) is 1.85. The molecule has 1 aliphatic heterocycles. The molecule has 1 atom stereocenters. The van der Waals surface area contributed by atoms with Crippen molar-refractivity contribution >= 4 is 15.8 Å². The highest BCUT2D eigenvalue weighted by Crippen LogP contribution is 2.13. The standard InChI is InChI=1S/C6H11NO3S/c1-4(2)6(8)5-3-7-11(5,9)10/h4-5,7H,3H2,1-2H3. The number of hydrogen-bond acceptors (Lipinski definition) is 3. The van der Waals surface area contributed by atoms with Crippen LogP contribution in [0, 0.1) is 5.92 Å². The summed E-state index contributed by atoms with van der Waals surface area (Å²) in [5, 5.41) is -0.789. The predicted molar refractivity (Wildman–Crippen MR) is 40.6 cm³/mol. The van der Waals surface area contributed by atoms with Crippen LogP contribution in [-0.2, 0) is 14.8 Å². The molecule has 0 amide bonds. The number of sulfonamides is 1. The van der Waals surface area contributed by atoms with Gasteiger partial charge in [0.05, 0.1) is 0 Å². The van der Waals surface area contributed by atoms with Crippen molar-refractivity contribution in [1.82, 2.24) is 4.72 Å². The third-order valence-electron chi connectivity index (χ3n) is 1.73. The lowest BCUT2D eigenvalue weighted by molar-refractivity contribution is -0.121. The molecular weight excluding hydrogens is 166 g/mol. The fourth-order valence-corrected chi connectivity index (χ4v) is 2.11. The van der Waals surface area contributed by atoms with Gasteiger partial charge in [-0.3, -0.25) is 4.79 Å². The highest BCUT2D eigenvalue weighted by Gasteiger charge is 2.41. The molecule has 1 rings (SSSR count). The molecule has 1 fully saturated rings. The van der Waals surface area contributed by atoms with E-state index in [1.165, 1.54) is 0 Å². The SMILES string of the molecule is CC(C)C(=O)C1CNS1(=O)=O. The van der Waals surface area contributed by atoms with E-state index < -0.39 is 15.3 Å². The minimum Gasteiger partial charge on any atom is -0.298 e. The van der Waals surface area contributed by atoms with E-state index in [2.05, 4.69) is 4.72 Å². The van der Waals surface area contributed by atoms with Gasteiger partial charge in [0.1, 0.15) is 5.25 Å². The van der Waals surface area contributed by atoms with Crippen LogP contribution in [0.15, 0.2) is 0 Å². The molecule has 0 aromatic rings. The van der Waals surface area contributed by atoms with Crippen molar-refractivity contribution < 1.29 is 13.2 Å². The largest absolute Gasteiger partial charge is 0.298 e. The van der Waals surface area contributed by atoms with Crippen molar-refractivity contribution in [3.05, 3.63) is 0 Å². The summed E-state index contributed by atoms with van der Waals surface area (Å²) in [7, 11) is -3.27. The second kappa shape index (κ2) is 2.57. The van der Waals surface area contributed by atoms with E-state index in [4.69, 9.17) is 0 Å². The van der Waals surface area contributed by atoms with Gasteiger partial charge in [-0.1, -0.05) is 13.8 Å². The van der Waals surface area contributed by atoms with Gasteiger partial charge in [0.2, 0.25) is 10.0 Å². The van der Waals surface area contributed by atoms with Gasteiger partial charge in [0, 0.05) is 12.5 Å². The summed E-state index contributed by atoms with van der Waals surface area (Å²) in [4.78, 5) is 11.1. The summed E-state index contributed by atoms with van der Waals surface area (Å²) < 4.78 is 23.9. The number of hydrogen-bond donors (Lipinski definition) is 1. The Morgan fingerprint density at radius 2 is 2.09 bits per heavy atom. The molecule has 1 heterocycles. The quantitative estimate of drug-likeness (QED) is 0.619. The lowest BCUT2D eigenvalue weighted by Crippen LogP contribution is -2.57. The number of nitrogens with one attached hydrogen (secondary N) is 1. The Labute approximate surface area is 66.0 Å². The van der Waals surface area contributed by atoms with Gasteiger partial charge in [0.25, 0.3) is 0 Å². The summed E-state index contributed by atoms with van der Waals surface area (Å²) in [6.45, 7) is 3.69. The first kappa shape index (κ1) is 8.67. The third kappa shape index (κ3) is 1.44. The van der Waals surface area contributed by atoms with Crippen LogP contribution >= 0.6 is 0 Å². The van der Waals surface area contributed by atoms with Gasteiger partial charge in [0.15, 0.2) is 5.78 Å². The predicted octanol–water partition coefficient (Wildman–Crippen LogP) is -0.487. The fraction of sp³-hybridized carbons (Fsp3) is 0.833. The molecule has 1 saturated heterocycles. The van der Waals surface area contributed by atoms with Crippen molar-refractivity contribution in [2.45, 2.75) is 19.1 Å². The lowest BCUT2D eigenvalue weighted by Gasteiger charge is -2.26. The van der Waals surface area contributed by atoms with E-state index in [0.29, 0.717) is 0 Å². The van der Waals surface area contributed by atoms with Crippen LogP contribution in [0.2, 0.25) is 0 Å². The first-order chi connectivity index (χ1) is 4.95. The number of carbonyl (C=O) groups is 1. The first-order valence-corrected chi connectivity index (χ1v) is 5.02. The normalized spacial score (nSPS) is 28.1. The summed E-state index contributed by atoms with van der Waals surface area (Å²) in [5.74, 6) is -0.388. The summed E-state index contributed by atoms with van der Waals surface area (Å²) in [6.07, 6.45) is 0. The smallest absolute Gasteiger partial charge is 0.223 e. The van der Waals surface area contributed by atoms with Gasteiger partial charge >= 0.3 is 0 Å². The number of Topliss-reactive ketones (excluding diaryl/α,β-unsaturated/α-hetero) is 1. The van der Waals surface area contributed by atoms with Crippen molar-refractivity contribution in [1.29, 1.82) is 0 Å². The Morgan fingerprint density at radius 3 is 2.18 bits per heavy atom. The maximum Gasteiger partial charge on any atom is 0.223 e. The molecule has 0 radical (unpaired) electrons. The van der Waals surface area contributed by atoms with Gasteiger partial charge in [-0.15, -0.1) is 0 Å². The maximum absolute atomic E-state index is 11.1. The Balaban J connectivity index is 2.72. The summed E-state index contributed by atoms with van der Waals surface area (Å²) in [6, 6.07) is 0.